The largest absolute Gasteiger partial charge is 0.497 e. The fourth-order valence-corrected chi connectivity index (χ4v) is 2.48. The Bertz CT molecular complexity index is 474. The van der Waals surface area contributed by atoms with E-state index in [4.69, 9.17) is 4.74 Å². The summed E-state index contributed by atoms with van der Waals surface area (Å²) in [5.41, 5.74) is 0.302. The average molecular weight is 309 g/mol. The van der Waals surface area contributed by atoms with E-state index in [1.165, 1.54) is 19.2 Å². The van der Waals surface area contributed by atoms with E-state index >= 15 is 0 Å². The van der Waals surface area contributed by atoms with Crippen LogP contribution in [0.25, 0.3) is 0 Å². The molecule has 0 fully saturated rings. The van der Waals surface area contributed by atoms with Gasteiger partial charge < -0.3 is 10.1 Å². The zero-order chi connectivity index (χ0) is 16.5. The number of amides is 1. The standard InChI is InChI=1S/C18H28FNO2/c1-5-6-14(8-7-13(2)3)12-20-18(21)15-9-16(19)11-17(10-15)22-4/h9-11,13-14H,5-8,12H2,1-4H3,(H,20,21). The molecule has 22 heavy (non-hydrogen) atoms. The Kier molecular flexibility index (Phi) is 7.92. The van der Waals surface area contributed by atoms with E-state index < -0.39 is 5.82 Å². The predicted octanol–water partition coefficient (Wildman–Crippen LogP) is 4.42. The van der Waals surface area contributed by atoms with Crippen LogP contribution in [-0.4, -0.2) is 19.6 Å². The summed E-state index contributed by atoms with van der Waals surface area (Å²) in [6, 6.07) is 4.06. The van der Waals surface area contributed by atoms with Gasteiger partial charge in [0, 0.05) is 18.2 Å². The topological polar surface area (TPSA) is 38.3 Å². The molecule has 1 unspecified atom stereocenters. The van der Waals surface area contributed by atoms with Crippen molar-refractivity contribution in [1.29, 1.82) is 0 Å². The van der Waals surface area contributed by atoms with Crippen molar-refractivity contribution < 1.29 is 13.9 Å². The quantitative estimate of drug-likeness (QED) is 0.733. The Morgan fingerprint density at radius 2 is 1.95 bits per heavy atom. The molecule has 1 aromatic rings. The van der Waals surface area contributed by atoms with Crippen molar-refractivity contribution in [3.63, 3.8) is 0 Å². The van der Waals surface area contributed by atoms with Gasteiger partial charge in [-0.3, -0.25) is 4.79 Å². The minimum atomic E-state index is -0.464. The fraction of sp³-hybridized carbons (Fsp3) is 0.611. The van der Waals surface area contributed by atoms with Gasteiger partial charge >= 0.3 is 0 Å². The number of carbonyl (C=O) groups excluding carboxylic acids is 1. The third kappa shape index (κ3) is 6.46. The van der Waals surface area contributed by atoms with Gasteiger partial charge in [0.1, 0.15) is 11.6 Å². The maximum absolute atomic E-state index is 13.4. The first kappa shape index (κ1) is 18.5. The summed E-state index contributed by atoms with van der Waals surface area (Å²) in [5.74, 6) is 0.794. The van der Waals surface area contributed by atoms with Crippen molar-refractivity contribution in [2.45, 2.75) is 46.5 Å². The van der Waals surface area contributed by atoms with Gasteiger partial charge in [0.25, 0.3) is 5.91 Å². The summed E-state index contributed by atoms with van der Waals surface area (Å²) in [5, 5.41) is 2.92. The average Bonchev–Trinajstić information content (AvgIpc) is 2.48. The zero-order valence-electron chi connectivity index (χ0n) is 14.1. The van der Waals surface area contributed by atoms with Crippen molar-refractivity contribution >= 4 is 5.91 Å². The molecule has 3 nitrogen and oxygen atoms in total. The molecule has 1 N–H and O–H groups in total. The lowest BCUT2D eigenvalue weighted by Gasteiger charge is -2.18. The Morgan fingerprint density at radius 3 is 2.55 bits per heavy atom. The number of halogens is 1. The third-order valence-corrected chi connectivity index (χ3v) is 3.77. The number of ether oxygens (including phenoxy) is 1. The molecular formula is C18H28FNO2. The molecule has 0 spiro atoms. The molecule has 1 atom stereocenters. The highest BCUT2D eigenvalue weighted by Crippen LogP contribution is 2.18. The Balaban J connectivity index is 2.60. The monoisotopic (exact) mass is 309 g/mol. The summed E-state index contributed by atoms with van der Waals surface area (Å²) < 4.78 is 18.4. The van der Waals surface area contributed by atoms with Crippen LogP contribution in [0.1, 0.15) is 56.8 Å². The van der Waals surface area contributed by atoms with Crippen molar-refractivity contribution in [3.8, 4) is 5.75 Å². The number of methoxy groups -OCH3 is 1. The minimum Gasteiger partial charge on any atom is -0.497 e. The van der Waals surface area contributed by atoms with Crippen LogP contribution in [0, 0.1) is 17.7 Å². The van der Waals surface area contributed by atoms with Crippen LogP contribution in [-0.2, 0) is 0 Å². The van der Waals surface area contributed by atoms with Gasteiger partial charge in [-0.05, 0) is 36.8 Å². The smallest absolute Gasteiger partial charge is 0.251 e. The number of hydrogen-bond donors (Lipinski definition) is 1. The molecule has 0 heterocycles. The molecule has 0 aromatic heterocycles. The molecule has 0 saturated heterocycles. The number of nitrogens with one attached hydrogen (secondary N) is 1. The van der Waals surface area contributed by atoms with E-state index in [2.05, 4.69) is 26.1 Å². The maximum atomic E-state index is 13.4. The summed E-state index contributed by atoms with van der Waals surface area (Å²) >= 11 is 0. The second kappa shape index (κ2) is 9.44. The van der Waals surface area contributed by atoms with Gasteiger partial charge in [-0.1, -0.05) is 33.6 Å². The highest BCUT2D eigenvalue weighted by atomic mass is 19.1. The molecule has 0 aliphatic carbocycles. The Hall–Kier alpha value is -1.58. The molecule has 0 radical (unpaired) electrons. The van der Waals surface area contributed by atoms with Gasteiger partial charge in [0.2, 0.25) is 0 Å². The van der Waals surface area contributed by atoms with Crippen molar-refractivity contribution in [3.05, 3.63) is 29.6 Å². The van der Waals surface area contributed by atoms with Crippen LogP contribution >= 0.6 is 0 Å². The first-order chi connectivity index (χ1) is 10.5. The SMILES string of the molecule is CCCC(CCC(C)C)CNC(=O)c1cc(F)cc(OC)c1. The van der Waals surface area contributed by atoms with Crippen LogP contribution in [0.4, 0.5) is 4.39 Å². The van der Waals surface area contributed by atoms with Gasteiger partial charge in [-0.25, -0.2) is 4.39 Å². The molecule has 0 saturated carbocycles. The lowest BCUT2D eigenvalue weighted by molar-refractivity contribution is 0.0944. The Morgan fingerprint density at radius 1 is 1.23 bits per heavy atom. The van der Waals surface area contributed by atoms with E-state index in [0.717, 1.165) is 25.7 Å². The van der Waals surface area contributed by atoms with Gasteiger partial charge in [0.15, 0.2) is 0 Å². The molecule has 4 heteroatoms. The van der Waals surface area contributed by atoms with Crippen molar-refractivity contribution in [2.75, 3.05) is 13.7 Å². The van der Waals surface area contributed by atoms with E-state index in [1.54, 1.807) is 6.07 Å². The minimum absolute atomic E-state index is 0.247. The number of benzene rings is 1. The van der Waals surface area contributed by atoms with Gasteiger partial charge in [-0.2, -0.15) is 0 Å². The normalized spacial score (nSPS) is 12.3. The van der Waals surface area contributed by atoms with Crippen LogP contribution in [0.3, 0.4) is 0 Å². The van der Waals surface area contributed by atoms with Crippen LogP contribution in [0.2, 0.25) is 0 Å². The van der Waals surface area contributed by atoms with Gasteiger partial charge in [0.05, 0.1) is 7.11 Å². The van der Waals surface area contributed by atoms with E-state index in [9.17, 15) is 9.18 Å². The van der Waals surface area contributed by atoms with Gasteiger partial charge in [-0.15, -0.1) is 0 Å². The molecule has 0 aliphatic rings. The summed E-state index contributed by atoms with van der Waals surface area (Å²) in [6.45, 7) is 7.21. The maximum Gasteiger partial charge on any atom is 0.251 e. The summed E-state index contributed by atoms with van der Waals surface area (Å²) in [4.78, 5) is 12.2. The highest BCUT2D eigenvalue weighted by Gasteiger charge is 2.13. The number of carbonyl (C=O) groups is 1. The van der Waals surface area contributed by atoms with Crippen LogP contribution < -0.4 is 10.1 Å². The first-order valence-electron chi connectivity index (χ1n) is 8.09. The lowest BCUT2D eigenvalue weighted by atomic mass is 9.94. The molecule has 0 aliphatic heterocycles. The molecule has 1 aromatic carbocycles. The predicted molar refractivity (Wildman–Crippen MR) is 87.8 cm³/mol. The fourth-order valence-electron chi connectivity index (χ4n) is 2.48. The van der Waals surface area contributed by atoms with E-state index in [1.807, 2.05) is 0 Å². The number of hydrogen-bond acceptors (Lipinski definition) is 2. The highest BCUT2D eigenvalue weighted by molar-refractivity contribution is 5.94. The second-order valence-electron chi connectivity index (χ2n) is 6.22. The van der Waals surface area contributed by atoms with Crippen molar-refractivity contribution in [2.24, 2.45) is 11.8 Å². The summed E-state index contributed by atoms with van der Waals surface area (Å²) in [6.07, 6.45) is 4.47. The van der Waals surface area contributed by atoms with E-state index in [0.29, 0.717) is 29.7 Å². The van der Waals surface area contributed by atoms with Crippen molar-refractivity contribution in [1.82, 2.24) is 5.32 Å². The third-order valence-electron chi connectivity index (χ3n) is 3.77. The molecule has 0 bridgehead atoms. The van der Waals surface area contributed by atoms with Crippen LogP contribution in [0.15, 0.2) is 18.2 Å². The first-order valence-corrected chi connectivity index (χ1v) is 8.09. The zero-order valence-corrected chi connectivity index (χ0v) is 14.1. The number of rotatable bonds is 9. The summed E-state index contributed by atoms with van der Waals surface area (Å²) in [7, 11) is 1.46. The van der Waals surface area contributed by atoms with E-state index in [-0.39, 0.29) is 5.91 Å². The Labute approximate surface area is 133 Å². The molecule has 1 rings (SSSR count). The molecule has 1 amide bonds. The molecular weight excluding hydrogens is 281 g/mol. The second-order valence-corrected chi connectivity index (χ2v) is 6.22. The lowest BCUT2D eigenvalue weighted by Crippen LogP contribution is -2.29. The van der Waals surface area contributed by atoms with Crippen LogP contribution in [0.5, 0.6) is 5.75 Å². The molecule has 124 valence electrons.